The first kappa shape index (κ1) is 17.7. The molecule has 0 aliphatic heterocycles. The van der Waals surface area contributed by atoms with Crippen LogP contribution in [0.1, 0.15) is 41.5 Å². The van der Waals surface area contributed by atoms with Crippen LogP contribution in [-0.2, 0) is 0 Å². The molecule has 0 N–H and O–H groups in total. The maximum absolute atomic E-state index is 6.12. The molecule has 0 radical (unpaired) electrons. The summed E-state index contributed by atoms with van der Waals surface area (Å²) in [5.41, 5.74) is -0.532. The van der Waals surface area contributed by atoms with Crippen LogP contribution in [0.25, 0.3) is 0 Å². The lowest BCUT2D eigenvalue weighted by Gasteiger charge is -2.27. The fourth-order valence-electron chi connectivity index (χ4n) is 2.00. The Morgan fingerprint density at radius 3 is 1.78 bits per heavy atom. The van der Waals surface area contributed by atoms with Gasteiger partial charge in [0, 0.05) is 9.79 Å². The van der Waals surface area contributed by atoms with Crippen LogP contribution in [0.3, 0.4) is 0 Å². The highest BCUT2D eigenvalue weighted by molar-refractivity contribution is 7.99. The molecule has 0 saturated heterocycles. The van der Waals surface area contributed by atoms with Gasteiger partial charge in [-0.15, -0.1) is 0 Å². The molecule has 2 rings (SSSR count). The van der Waals surface area contributed by atoms with Gasteiger partial charge in [-0.25, -0.2) is 0 Å². The van der Waals surface area contributed by atoms with Crippen molar-refractivity contribution in [3.05, 3.63) is 48.5 Å². The zero-order valence-corrected chi connectivity index (χ0v) is 15.7. The van der Waals surface area contributed by atoms with Crippen molar-refractivity contribution >= 4 is 11.8 Å². The molecule has 0 atom stereocenters. The van der Waals surface area contributed by atoms with Crippen molar-refractivity contribution in [3.8, 4) is 11.5 Å². The van der Waals surface area contributed by atoms with E-state index in [4.69, 9.17) is 9.47 Å². The van der Waals surface area contributed by atoms with Gasteiger partial charge in [0.05, 0.1) is 0 Å². The zero-order chi connectivity index (χ0) is 17.1. The summed E-state index contributed by atoms with van der Waals surface area (Å²) in [4.78, 5) is 2.34. The fraction of sp³-hybridized carbons (Fsp3) is 0.400. The summed E-state index contributed by atoms with van der Waals surface area (Å²) in [5, 5.41) is 0. The maximum Gasteiger partial charge on any atom is 0.163 e. The van der Waals surface area contributed by atoms with Crippen molar-refractivity contribution in [2.75, 3.05) is 0 Å². The Kier molecular flexibility index (Phi) is 5.30. The molecular weight excluding hydrogens is 304 g/mol. The van der Waals surface area contributed by atoms with Crippen LogP contribution in [0.4, 0.5) is 0 Å². The van der Waals surface area contributed by atoms with E-state index in [2.05, 4.69) is 24.3 Å². The molecule has 0 fully saturated rings. The van der Waals surface area contributed by atoms with E-state index in [0.717, 1.165) is 16.4 Å². The SMILES string of the molecule is CC(C)(C)Oc1ccc(Sc2ccccc2)cc1OC(C)(C)C. The van der Waals surface area contributed by atoms with Gasteiger partial charge in [0.25, 0.3) is 0 Å². The third-order valence-corrected chi connectivity index (χ3v) is 3.72. The molecule has 2 aromatic rings. The number of ether oxygens (including phenoxy) is 2. The van der Waals surface area contributed by atoms with E-state index in [9.17, 15) is 0 Å². The number of benzene rings is 2. The number of rotatable bonds is 4. The van der Waals surface area contributed by atoms with E-state index in [1.165, 1.54) is 4.90 Å². The summed E-state index contributed by atoms with van der Waals surface area (Å²) < 4.78 is 12.2. The Balaban J connectivity index is 2.30. The topological polar surface area (TPSA) is 18.5 Å². The molecule has 0 aromatic heterocycles. The number of hydrogen-bond acceptors (Lipinski definition) is 3. The van der Waals surface area contributed by atoms with Crippen molar-refractivity contribution < 1.29 is 9.47 Å². The first-order valence-electron chi connectivity index (χ1n) is 7.87. The first-order valence-corrected chi connectivity index (χ1v) is 8.69. The summed E-state index contributed by atoms with van der Waals surface area (Å²) in [6.45, 7) is 12.3. The maximum atomic E-state index is 6.12. The molecule has 3 heteroatoms. The fourth-order valence-corrected chi connectivity index (χ4v) is 2.87. The van der Waals surface area contributed by atoms with E-state index in [-0.39, 0.29) is 11.2 Å². The lowest BCUT2D eigenvalue weighted by atomic mass is 10.1. The van der Waals surface area contributed by atoms with Gasteiger partial charge >= 0.3 is 0 Å². The van der Waals surface area contributed by atoms with Crippen molar-refractivity contribution in [3.63, 3.8) is 0 Å². The van der Waals surface area contributed by atoms with E-state index < -0.39 is 0 Å². The van der Waals surface area contributed by atoms with Crippen molar-refractivity contribution in [2.24, 2.45) is 0 Å². The molecular formula is C20H26O2S. The predicted molar refractivity (Wildman–Crippen MR) is 97.8 cm³/mol. The average molecular weight is 330 g/mol. The molecule has 0 heterocycles. The molecule has 0 unspecified atom stereocenters. The Labute approximate surface area is 144 Å². The zero-order valence-electron chi connectivity index (χ0n) is 14.8. The van der Waals surface area contributed by atoms with Gasteiger partial charge in [0.1, 0.15) is 11.2 Å². The molecule has 0 amide bonds. The predicted octanol–water partition coefficient (Wildman–Crippen LogP) is 6.19. The second-order valence-electron chi connectivity index (χ2n) is 7.45. The second-order valence-corrected chi connectivity index (χ2v) is 8.60. The van der Waals surface area contributed by atoms with Gasteiger partial charge in [-0.05, 0) is 71.9 Å². The van der Waals surface area contributed by atoms with Crippen molar-refractivity contribution in [1.29, 1.82) is 0 Å². The largest absolute Gasteiger partial charge is 0.484 e. The lowest BCUT2D eigenvalue weighted by Crippen LogP contribution is -2.26. The first-order chi connectivity index (χ1) is 10.6. The highest BCUT2D eigenvalue weighted by Gasteiger charge is 2.20. The molecule has 2 aromatic carbocycles. The van der Waals surface area contributed by atoms with E-state index >= 15 is 0 Å². The van der Waals surface area contributed by atoms with Gasteiger partial charge in [-0.2, -0.15) is 0 Å². The van der Waals surface area contributed by atoms with Crippen molar-refractivity contribution in [1.82, 2.24) is 0 Å². The van der Waals surface area contributed by atoms with Crippen LogP contribution in [0.5, 0.6) is 11.5 Å². The van der Waals surface area contributed by atoms with Crippen LogP contribution in [-0.4, -0.2) is 11.2 Å². The van der Waals surface area contributed by atoms with Crippen molar-refractivity contribution in [2.45, 2.75) is 62.5 Å². The third kappa shape index (κ3) is 6.19. The Hall–Kier alpha value is -1.61. The summed E-state index contributed by atoms with van der Waals surface area (Å²) in [7, 11) is 0. The van der Waals surface area contributed by atoms with Gasteiger partial charge in [-0.3, -0.25) is 0 Å². The summed E-state index contributed by atoms with van der Waals surface area (Å²) in [6, 6.07) is 16.5. The van der Waals surface area contributed by atoms with Crippen LogP contribution >= 0.6 is 11.8 Å². The van der Waals surface area contributed by atoms with Gasteiger partial charge in [0.2, 0.25) is 0 Å². The van der Waals surface area contributed by atoms with Gasteiger partial charge < -0.3 is 9.47 Å². The minimum absolute atomic E-state index is 0.260. The highest BCUT2D eigenvalue weighted by atomic mass is 32.2. The van der Waals surface area contributed by atoms with Crippen LogP contribution in [0, 0.1) is 0 Å². The normalized spacial score (nSPS) is 12.1. The molecule has 2 nitrogen and oxygen atoms in total. The molecule has 0 bridgehead atoms. The molecule has 0 saturated carbocycles. The Morgan fingerprint density at radius 1 is 0.652 bits per heavy atom. The molecule has 0 aliphatic carbocycles. The minimum Gasteiger partial charge on any atom is -0.484 e. The monoisotopic (exact) mass is 330 g/mol. The lowest BCUT2D eigenvalue weighted by molar-refractivity contribution is 0.0954. The Morgan fingerprint density at radius 2 is 1.22 bits per heavy atom. The summed E-state index contributed by atoms with van der Waals surface area (Å²) in [6.07, 6.45) is 0. The van der Waals surface area contributed by atoms with Crippen LogP contribution in [0.15, 0.2) is 58.3 Å². The standard InChI is InChI=1S/C20H26O2S/c1-19(2,3)21-17-13-12-16(14-18(17)22-20(4,5)6)23-15-10-8-7-9-11-15/h7-14H,1-6H3. The number of hydrogen-bond donors (Lipinski definition) is 0. The average Bonchev–Trinajstić information content (AvgIpc) is 2.40. The second kappa shape index (κ2) is 6.88. The third-order valence-electron chi connectivity index (χ3n) is 2.73. The quantitative estimate of drug-likeness (QED) is 0.665. The van der Waals surface area contributed by atoms with E-state index in [1.807, 2.05) is 65.8 Å². The minimum atomic E-state index is -0.272. The molecule has 0 spiro atoms. The van der Waals surface area contributed by atoms with Gasteiger partial charge in [0.15, 0.2) is 11.5 Å². The Bertz CT molecular complexity index is 637. The molecule has 23 heavy (non-hydrogen) atoms. The van der Waals surface area contributed by atoms with E-state index in [0.29, 0.717) is 0 Å². The summed E-state index contributed by atoms with van der Waals surface area (Å²) in [5.74, 6) is 1.57. The van der Waals surface area contributed by atoms with E-state index in [1.54, 1.807) is 11.8 Å². The van der Waals surface area contributed by atoms with Crippen LogP contribution in [0.2, 0.25) is 0 Å². The molecule has 0 aliphatic rings. The van der Waals surface area contributed by atoms with Crippen LogP contribution < -0.4 is 9.47 Å². The summed E-state index contributed by atoms with van der Waals surface area (Å²) >= 11 is 1.72. The highest BCUT2D eigenvalue weighted by Crippen LogP contribution is 2.38. The van der Waals surface area contributed by atoms with Gasteiger partial charge in [-0.1, -0.05) is 30.0 Å². The smallest absolute Gasteiger partial charge is 0.163 e. The molecule has 124 valence electrons.